The third-order valence-corrected chi connectivity index (χ3v) is 5.11. The van der Waals surface area contributed by atoms with Crippen LogP contribution < -0.4 is 4.90 Å². The molecule has 1 atom stereocenters. The van der Waals surface area contributed by atoms with Gasteiger partial charge >= 0.3 is 0 Å². The lowest BCUT2D eigenvalue weighted by Crippen LogP contribution is -2.48. The van der Waals surface area contributed by atoms with E-state index in [-0.39, 0.29) is 11.9 Å². The maximum atomic E-state index is 13.2. The number of benzene rings is 1. The van der Waals surface area contributed by atoms with Gasteiger partial charge in [0.2, 0.25) is 0 Å². The zero-order valence-corrected chi connectivity index (χ0v) is 14.9. The first-order chi connectivity index (χ1) is 12.7. The van der Waals surface area contributed by atoms with Crippen LogP contribution in [0.2, 0.25) is 0 Å². The number of fused-ring (bicyclic) bond motifs is 1. The lowest BCUT2D eigenvalue weighted by atomic mass is 10.0. The first kappa shape index (κ1) is 16.5. The third kappa shape index (κ3) is 3.12. The highest BCUT2D eigenvalue weighted by Gasteiger charge is 2.28. The fourth-order valence-corrected chi connectivity index (χ4v) is 3.67. The van der Waals surface area contributed by atoms with Gasteiger partial charge in [0.25, 0.3) is 5.91 Å². The second-order valence-electron chi connectivity index (χ2n) is 6.72. The Morgan fingerprint density at radius 1 is 1.08 bits per heavy atom. The molecule has 5 heteroatoms. The van der Waals surface area contributed by atoms with Crippen LogP contribution in [0.15, 0.2) is 60.9 Å². The molecule has 0 aliphatic carbocycles. The number of carbonyl (C=O) groups is 1. The fourth-order valence-electron chi connectivity index (χ4n) is 3.67. The molecule has 26 heavy (non-hydrogen) atoms. The van der Waals surface area contributed by atoms with Gasteiger partial charge in [-0.15, -0.1) is 0 Å². The molecule has 1 aliphatic rings. The molecule has 1 fully saturated rings. The van der Waals surface area contributed by atoms with Gasteiger partial charge in [-0.05, 0) is 43.2 Å². The maximum absolute atomic E-state index is 13.2. The van der Waals surface area contributed by atoms with Crippen molar-refractivity contribution in [3.05, 3.63) is 66.5 Å². The number of aromatic nitrogens is 2. The Morgan fingerprint density at radius 2 is 1.96 bits per heavy atom. The molecular weight excluding hydrogens is 324 g/mol. The van der Waals surface area contributed by atoms with E-state index >= 15 is 0 Å². The van der Waals surface area contributed by atoms with E-state index in [9.17, 15) is 4.79 Å². The molecule has 1 aliphatic heterocycles. The van der Waals surface area contributed by atoms with E-state index < -0.39 is 0 Å². The summed E-state index contributed by atoms with van der Waals surface area (Å²) in [5.74, 6) is 1.03. The van der Waals surface area contributed by atoms with Crippen molar-refractivity contribution >= 4 is 22.6 Å². The average Bonchev–Trinajstić information content (AvgIpc) is 2.73. The monoisotopic (exact) mass is 346 g/mol. The molecule has 1 aromatic carbocycles. The van der Waals surface area contributed by atoms with Crippen LogP contribution in [0.3, 0.4) is 0 Å². The van der Waals surface area contributed by atoms with Crippen molar-refractivity contribution in [1.82, 2.24) is 14.9 Å². The maximum Gasteiger partial charge on any atom is 0.254 e. The summed E-state index contributed by atoms with van der Waals surface area (Å²) in [6.07, 6.45) is 5.63. The number of nitrogens with zero attached hydrogens (tertiary/aromatic N) is 4. The summed E-state index contributed by atoms with van der Waals surface area (Å²) in [6.45, 7) is 1.79. The number of likely N-dealkylation sites (N-methyl/N-ethyl adjacent to an activating group) is 1. The first-order valence-electron chi connectivity index (χ1n) is 9.01. The highest BCUT2D eigenvalue weighted by molar-refractivity contribution is 6.06. The standard InChI is InChI=1S/C21H22N4O/c1-24(16-7-6-14-25(15-16)20-11-2-3-12-23-20)21(26)18-8-4-10-19-17(18)9-5-13-22-19/h2-5,8-13,16H,6-7,14-15H2,1H3/t16-/m0/s1. The van der Waals surface area contributed by atoms with Crippen LogP contribution in [-0.2, 0) is 0 Å². The van der Waals surface area contributed by atoms with Crippen molar-refractivity contribution in [3.8, 4) is 0 Å². The van der Waals surface area contributed by atoms with Crippen LogP contribution in [0.1, 0.15) is 23.2 Å². The summed E-state index contributed by atoms with van der Waals surface area (Å²) in [6, 6.07) is 15.7. The topological polar surface area (TPSA) is 49.3 Å². The SMILES string of the molecule is CN(C(=O)c1cccc2ncccc12)[C@H]1CCCN(c2ccccn2)C1. The molecule has 132 valence electrons. The summed E-state index contributed by atoms with van der Waals surface area (Å²) in [4.78, 5) is 26.1. The molecule has 3 heterocycles. The summed E-state index contributed by atoms with van der Waals surface area (Å²) in [5, 5.41) is 0.907. The number of hydrogen-bond donors (Lipinski definition) is 0. The van der Waals surface area contributed by atoms with E-state index in [0.29, 0.717) is 5.56 Å². The third-order valence-electron chi connectivity index (χ3n) is 5.11. The van der Waals surface area contributed by atoms with E-state index in [1.165, 1.54) is 0 Å². The van der Waals surface area contributed by atoms with Crippen molar-refractivity contribution in [2.75, 3.05) is 25.0 Å². The van der Waals surface area contributed by atoms with Gasteiger partial charge < -0.3 is 9.80 Å². The summed E-state index contributed by atoms with van der Waals surface area (Å²) in [5.41, 5.74) is 1.57. The number of hydrogen-bond acceptors (Lipinski definition) is 4. The van der Waals surface area contributed by atoms with Gasteiger partial charge in [0.05, 0.1) is 5.52 Å². The van der Waals surface area contributed by atoms with Crippen LogP contribution in [-0.4, -0.2) is 47.0 Å². The average molecular weight is 346 g/mol. The Hall–Kier alpha value is -2.95. The van der Waals surface area contributed by atoms with Crippen LogP contribution in [0.5, 0.6) is 0 Å². The van der Waals surface area contributed by atoms with Gasteiger partial charge in [0.15, 0.2) is 0 Å². The van der Waals surface area contributed by atoms with E-state index in [1.807, 2.05) is 66.7 Å². The minimum Gasteiger partial charge on any atom is -0.355 e. The Morgan fingerprint density at radius 3 is 2.81 bits per heavy atom. The minimum atomic E-state index is 0.0523. The van der Waals surface area contributed by atoms with Crippen LogP contribution in [0, 0.1) is 0 Å². The fraction of sp³-hybridized carbons (Fsp3) is 0.286. The van der Waals surface area contributed by atoms with E-state index in [2.05, 4.69) is 14.9 Å². The molecule has 0 unspecified atom stereocenters. The smallest absolute Gasteiger partial charge is 0.254 e. The molecule has 1 amide bonds. The minimum absolute atomic E-state index is 0.0523. The van der Waals surface area contributed by atoms with Crippen LogP contribution in [0.25, 0.3) is 10.9 Å². The van der Waals surface area contributed by atoms with Crippen molar-refractivity contribution in [2.45, 2.75) is 18.9 Å². The summed E-state index contributed by atoms with van der Waals surface area (Å²) >= 11 is 0. The highest BCUT2D eigenvalue weighted by atomic mass is 16.2. The number of piperidine rings is 1. The van der Waals surface area contributed by atoms with Crippen molar-refractivity contribution < 1.29 is 4.79 Å². The molecule has 1 saturated heterocycles. The normalized spacial score (nSPS) is 17.3. The van der Waals surface area contributed by atoms with Crippen molar-refractivity contribution in [3.63, 3.8) is 0 Å². The molecule has 2 aromatic heterocycles. The van der Waals surface area contributed by atoms with Crippen LogP contribution in [0.4, 0.5) is 5.82 Å². The van der Waals surface area contributed by atoms with E-state index in [0.717, 1.165) is 42.7 Å². The second-order valence-corrected chi connectivity index (χ2v) is 6.72. The molecule has 0 N–H and O–H groups in total. The lowest BCUT2D eigenvalue weighted by molar-refractivity contribution is 0.0719. The van der Waals surface area contributed by atoms with E-state index in [1.54, 1.807) is 6.20 Å². The molecule has 3 aromatic rings. The number of amides is 1. The molecule has 0 saturated carbocycles. The summed E-state index contributed by atoms with van der Waals surface area (Å²) < 4.78 is 0. The van der Waals surface area contributed by atoms with Gasteiger partial charge in [-0.1, -0.05) is 18.2 Å². The summed E-state index contributed by atoms with van der Waals surface area (Å²) in [7, 11) is 1.91. The second kappa shape index (κ2) is 7.12. The largest absolute Gasteiger partial charge is 0.355 e. The van der Waals surface area contributed by atoms with Crippen LogP contribution >= 0.6 is 0 Å². The highest BCUT2D eigenvalue weighted by Crippen LogP contribution is 2.23. The van der Waals surface area contributed by atoms with Gasteiger partial charge in [-0.3, -0.25) is 9.78 Å². The molecular formula is C21H22N4O. The van der Waals surface area contributed by atoms with Gasteiger partial charge in [0, 0.05) is 49.5 Å². The Labute approximate surface area is 153 Å². The predicted molar refractivity (Wildman–Crippen MR) is 103 cm³/mol. The van der Waals surface area contributed by atoms with Crippen molar-refractivity contribution in [2.24, 2.45) is 0 Å². The van der Waals surface area contributed by atoms with Crippen molar-refractivity contribution in [1.29, 1.82) is 0 Å². The quantitative estimate of drug-likeness (QED) is 0.730. The molecule has 0 bridgehead atoms. The van der Waals surface area contributed by atoms with Gasteiger partial charge in [-0.2, -0.15) is 0 Å². The zero-order chi connectivity index (χ0) is 17.9. The van der Waals surface area contributed by atoms with Gasteiger partial charge in [-0.25, -0.2) is 4.98 Å². The Kier molecular flexibility index (Phi) is 4.52. The molecule has 5 nitrogen and oxygen atoms in total. The van der Waals surface area contributed by atoms with E-state index in [4.69, 9.17) is 0 Å². The molecule has 4 rings (SSSR count). The Balaban J connectivity index is 1.56. The molecule has 0 spiro atoms. The first-order valence-corrected chi connectivity index (χ1v) is 9.01. The zero-order valence-electron chi connectivity index (χ0n) is 14.9. The lowest BCUT2D eigenvalue weighted by Gasteiger charge is -2.38. The Bertz CT molecular complexity index is 907. The number of rotatable bonds is 3. The van der Waals surface area contributed by atoms with Gasteiger partial charge in [0.1, 0.15) is 5.82 Å². The molecule has 0 radical (unpaired) electrons. The number of anilines is 1. The number of carbonyl (C=O) groups excluding carboxylic acids is 1. The predicted octanol–water partition coefficient (Wildman–Crippen LogP) is 3.37. The number of pyridine rings is 2.